The number of pyridine rings is 1. The normalized spacial score (nSPS) is 16.9. The lowest BCUT2D eigenvalue weighted by atomic mass is 10.1. The Hall–Kier alpha value is -3.30. The van der Waals surface area contributed by atoms with Gasteiger partial charge in [0.1, 0.15) is 11.3 Å². The number of nitrogens with one attached hydrogen (secondary N) is 1. The molecular weight excluding hydrogens is 420 g/mol. The van der Waals surface area contributed by atoms with Crippen LogP contribution in [0.1, 0.15) is 17.7 Å². The van der Waals surface area contributed by atoms with Crippen LogP contribution in [0.15, 0.2) is 52.9 Å². The van der Waals surface area contributed by atoms with Crippen molar-refractivity contribution in [2.24, 2.45) is 5.73 Å². The maximum absolute atomic E-state index is 6.24. The van der Waals surface area contributed by atoms with Gasteiger partial charge < -0.3 is 16.0 Å². The van der Waals surface area contributed by atoms with Crippen molar-refractivity contribution < 1.29 is 0 Å². The van der Waals surface area contributed by atoms with Gasteiger partial charge in [-0.05, 0) is 41.4 Å². The molecule has 32 heavy (non-hydrogen) atoms. The van der Waals surface area contributed by atoms with Gasteiger partial charge in [0.25, 0.3) is 0 Å². The van der Waals surface area contributed by atoms with Gasteiger partial charge in [0, 0.05) is 67.3 Å². The lowest BCUT2D eigenvalue weighted by Gasteiger charge is -2.21. The average Bonchev–Trinajstić information content (AvgIpc) is 3.41. The molecular formula is C23H22N8S. The average molecular weight is 443 g/mol. The Morgan fingerprint density at radius 1 is 1.16 bits per heavy atom. The predicted octanol–water partition coefficient (Wildman–Crippen LogP) is 3.12. The molecule has 6 rings (SSSR count). The van der Waals surface area contributed by atoms with Crippen molar-refractivity contribution in [2.45, 2.75) is 28.9 Å². The summed E-state index contributed by atoms with van der Waals surface area (Å²) in [5, 5.41) is 4.03. The monoisotopic (exact) mass is 442 g/mol. The van der Waals surface area contributed by atoms with E-state index >= 15 is 0 Å². The highest BCUT2D eigenvalue weighted by atomic mass is 32.2. The summed E-state index contributed by atoms with van der Waals surface area (Å²) in [6.45, 7) is 1.71. The molecule has 9 heteroatoms. The third kappa shape index (κ3) is 3.25. The van der Waals surface area contributed by atoms with Gasteiger partial charge in [0.05, 0.1) is 5.69 Å². The first-order valence-corrected chi connectivity index (χ1v) is 11.5. The molecule has 1 saturated heterocycles. The second-order valence-corrected chi connectivity index (χ2v) is 9.12. The molecule has 8 nitrogen and oxygen atoms in total. The zero-order valence-corrected chi connectivity index (χ0v) is 18.4. The van der Waals surface area contributed by atoms with Gasteiger partial charge in [-0.15, -0.1) is 0 Å². The number of hydrogen-bond donors (Lipinski definition) is 2. The standard InChI is InChI=1S/C23H22N8S/c1-25-17-4-2-3-15-16(17)10-18-20(15)22(31-8-5-13(24)12-31)30-23(29-18)32-14-9-19-21(28-11-14)27-7-6-26-19/h2-4,6-7,9,11,13,25H,5,8,10,12,24H2,1H3/t13-/m0/s1. The van der Waals surface area contributed by atoms with Crippen LogP contribution in [-0.2, 0) is 6.42 Å². The van der Waals surface area contributed by atoms with Crippen LogP contribution in [0.3, 0.4) is 0 Å². The highest BCUT2D eigenvalue weighted by Crippen LogP contribution is 2.45. The minimum atomic E-state index is 0.171. The number of hydrogen-bond acceptors (Lipinski definition) is 9. The number of nitrogens with zero attached hydrogens (tertiary/aromatic N) is 6. The number of rotatable bonds is 4. The SMILES string of the molecule is CNc1cccc2c1Cc1nc(Sc3cnc4nccnc4c3)nc(N3CC[C@H](N)C3)c1-2. The summed E-state index contributed by atoms with van der Waals surface area (Å²) in [6.07, 6.45) is 6.88. The van der Waals surface area contributed by atoms with E-state index in [2.05, 4.69) is 43.4 Å². The summed E-state index contributed by atoms with van der Waals surface area (Å²) >= 11 is 1.50. The quantitative estimate of drug-likeness (QED) is 0.406. The van der Waals surface area contributed by atoms with Crippen LogP contribution in [-0.4, -0.2) is 51.1 Å². The molecule has 4 heterocycles. The van der Waals surface area contributed by atoms with Gasteiger partial charge in [0.15, 0.2) is 10.8 Å². The van der Waals surface area contributed by atoms with Crippen molar-refractivity contribution in [3.63, 3.8) is 0 Å². The smallest absolute Gasteiger partial charge is 0.194 e. The fourth-order valence-electron chi connectivity index (χ4n) is 4.54. The molecule has 0 saturated carbocycles. The lowest BCUT2D eigenvalue weighted by Crippen LogP contribution is -2.27. The van der Waals surface area contributed by atoms with E-state index in [1.54, 1.807) is 18.6 Å². The summed E-state index contributed by atoms with van der Waals surface area (Å²) in [7, 11) is 1.96. The van der Waals surface area contributed by atoms with Crippen molar-refractivity contribution in [2.75, 3.05) is 30.4 Å². The van der Waals surface area contributed by atoms with Crippen LogP contribution >= 0.6 is 11.8 Å². The summed E-state index contributed by atoms with van der Waals surface area (Å²) < 4.78 is 0. The summed E-state index contributed by atoms with van der Waals surface area (Å²) in [6, 6.07) is 8.52. The molecule has 3 N–H and O–H groups in total. The topological polar surface area (TPSA) is 106 Å². The molecule has 0 spiro atoms. The second kappa shape index (κ2) is 7.68. The third-order valence-corrected chi connectivity index (χ3v) is 6.86. The van der Waals surface area contributed by atoms with E-state index in [4.69, 9.17) is 15.7 Å². The fraction of sp³-hybridized carbons (Fsp3) is 0.261. The summed E-state index contributed by atoms with van der Waals surface area (Å²) in [5.74, 6) is 0.978. The molecule has 0 amide bonds. The predicted molar refractivity (Wildman–Crippen MR) is 126 cm³/mol. The van der Waals surface area contributed by atoms with Crippen molar-refractivity contribution in [3.05, 3.63) is 54.1 Å². The van der Waals surface area contributed by atoms with E-state index in [0.29, 0.717) is 10.8 Å². The summed E-state index contributed by atoms with van der Waals surface area (Å²) in [4.78, 5) is 26.3. The molecule has 4 aromatic rings. The zero-order valence-electron chi connectivity index (χ0n) is 17.6. The minimum Gasteiger partial charge on any atom is -0.388 e. The molecule has 1 fully saturated rings. The van der Waals surface area contributed by atoms with Gasteiger partial charge in [-0.1, -0.05) is 12.1 Å². The van der Waals surface area contributed by atoms with Gasteiger partial charge >= 0.3 is 0 Å². The Bertz CT molecular complexity index is 1340. The number of nitrogens with two attached hydrogens (primary N) is 1. The van der Waals surface area contributed by atoms with E-state index in [0.717, 1.165) is 59.1 Å². The Balaban J connectivity index is 1.45. The van der Waals surface area contributed by atoms with Crippen LogP contribution in [0, 0.1) is 0 Å². The summed E-state index contributed by atoms with van der Waals surface area (Å²) in [5.41, 5.74) is 13.4. The minimum absolute atomic E-state index is 0.171. The van der Waals surface area contributed by atoms with Crippen LogP contribution < -0.4 is 16.0 Å². The molecule has 0 radical (unpaired) electrons. The van der Waals surface area contributed by atoms with E-state index in [-0.39, 0.29) is 6.04 Å². The number of benzene rings is 1. The van der Waals surface area contributed by atoms with Crippen molar-refractivity contribution in [3.8, 4) is 11.1 Å². The maximum atomic E-state index is 6.24. The molecule has 3 aromatic heterocycles. The number of fused-ring (bicyclic) bond motifs is 4. The molecule has 1 aliphatic heterocycles. The van der Waals surface area contributed by atoms with Gasteiger partial charge in [0.2, 0.25) is 0 Å². The first-order chi connectivity index (χ1) is 15.7. The van der Waals surface area contributed by atoms with Gasteiger partial charge in [-0.25, -0.2) is 19.9 Å². The Morgan fingerprint density at radius 2 is 2.06 bits per heavy atom. The molecule has 1 aliphatic carbocycles. The fourth-order valence-corrected chi connectivity index (χ4v) is 5.32. The second-order valence-electron chi connectivity index (χ2n) is 8.08. The van der Waals surface area contributed by atoms with Crippen LogP contribution in [0.4, 0.5) is 11.5 Å². The van der Waals surface area contributed by atoms with E-state index in [9.17, 15) is 0 Å². The Labute approximate surface area is 189 Å². The van der Waals surface area contributed by atoms with Crippen LogP contribution in [0.25, 0.3) is 22.3 Å². The van der Waals surface area contributed by atoms with Crippen molar-refractivity contribution in [1.29, 1.82) is 0 Å². The first kappa shape index (κ1) is 19.4. The van der Waals surface area contributed by atoms with Crippen molar-refractivity contribution >= 4 is 34.4 Å². The Morgan fingerprint density at radius 3 is 2.91 bits per heavy atom. The number of anilines is 2. The van der Waals surface area contributed by atoms with Crippen molar-refractivity contribution in [1.82, 2.24) is 24.9 Å². The highest BCUT2D eigenvalue weighted by Gasteiger charge is 2.31. The van der Waals surface area contributed by atoms with Crippen LogP contribution in [0.5, 0.6) is 0 Å². The molecule has 1 aromatic carbocycles. The molecule has 2 aliphatic rings. The van der Waals surface area contributed by atoms with E-state index < -0.39 is 0 Å². The zero-order chi connectivity index (χ0) is 21.7. The maximum Gasteiger partial charge on any atom is 0.194 e. The highest BCUT2D eigenvalue weighted by molar-refractivity contribution is 7.99. The van der Waals surface area contributed by atoms with E-state index in [1.165, 1.54) is 22.9 Å². The largest absolute Gasteiger partial charge is 0.388 e. The number of aromatic nitrogens is 5. The van der Waals surface area contributed by atoms with E-state index in [1.807, 2.05) is 13.1 Å². The molecule has 0 bridgehead atoms. The van der Waals surface area contributed by atoms with Gasteiger partial charge in [-0.3, -0.25) is 4.98 Å². The lowest BCUT2D eigenvalue weighted by molar-refractivity contribution is 0.750. The third-order valence-electron chi connectivity index (χ3n) is 6.04. The molecule has 160 valence electrons. The molecule has 0 unspecified atom stereocenters. The van der Waals surface area contributed by atoms with Crippen LogP contribution in [0.2, 0.25) is 0 Å². The van der Waals surface area contributed by atoms with Gasteiger partial charge in [-0.2, -0.15) is 0 Å². The first-order valence-electron chi connectivity index (χ1n) is 10.7. The molecule has 1 atom stereocenters. The Kier molecular flexibility index (Phi) is 4.65.